The number of aliphatic carboxylic acids is 1. The van der Waals surface area contributed by atoms with E-state index < -0.39 is 30.4 Å². The van der Waals surface area contributed by atoms with Gasteiger partial charge in [-0.15, -0.1) is 0 Å². The Morgan fingerprint density at radius 2 is 1.96 bits per heavy atom. The van der Waals surface area contributed by atoms with Crippen molar-refractivity contribution in [3.63, 3.8) is 0 Å². The predicted octanol–water partition coefficient (Wildman–Crippen LogP) is 1.46. The Balaban J connectivity index is 0.000000585. The second-order valence-electron chi connectivity index (χ2n) is 5.12. The zero-order chi connectivity index (χ0) is 18.4. The maximum absolute atomic E-state index is 13.3. The molecule has 1 rings (SSSR count). The number of amides is 1. The first-order chi connectivity index (χ1) is 10.5. The molecule has 0 saturated carbocycles. The molecule has 3 N–H and O–H groups in total. The third-order valence-electron chi connectivity index (χ3n) is 3.52. The number of hydrogen-bond donors (Lipinski definition) is 2. The van der Waals surface area contributed by atoms with Crippen molar-refractivity contribution in [2.24, 2.45) is 11.7 Å². The van der Waals surface area contributed by atoms with Crippen LogP contribution >= 0.6 is 0 Å². The number of carbonyl (C=O) groups excluding carboxylic acids is 1. The molecule has 0 bridgehead atoms. The van der Waals surface area contributed by atoms with Crippen molar-refractivity contribution in [3.8, 4) is 6.07 Å². The van der Waals surface area contributed by atoms with Gasteiger partial charge < -0.3 is 15.7 Å². The molecule has 132 valence electrons. The van der Waals surface area contributed by atoms with Crippen LogP contribution < -0.4 is 5.73 Å². The molecule has 0 aromatic heterocycles. The fourth-order valence-electron chi connectivity index (χ4n) is 1.84. The smallest absolute Gasteiger partial charge is 0.475 e. The number of nitrogens with two attached hydrogens (primary N) is 1. The molecule has 10 heteroatoms. The maximum Gasteiger partial charge on any atom is 0.490 e. The lowest BCUT2D eigenvalue weighted by Crippen LogP contribution is -2.49. The van der Waals surface area contributed by atoms with Gasteiger partial charge in [-0.3, -0.25) is 4.79 Å². The van der Waals surface area contributed by atoms with Crippen LogP contribution in [0.4, 0.5) is 17.6 Å². The number of halogens is 4. The topological polar surface area (TPSA) is 107 Å². The molecule has 1 aliphatic heterocycles. The van der Waals surface area contributed by atoms with Gasteiger partial charge >= 0.3 is 12.1 Å². The minimum Gasteiger partial charge on any atom is -0.475 e. The molecule has 6 nitrogen and oxygen atoms in total. The van der Waals surface area contributed by atoms with Gasteiger partial charge in [-0.05, 0) is 12.3 Å². The van der Waals surface area contributed by atoms with E-state index in [4.69, 9.17) is 20.9 Å². The molecule has 4 atom stereocenters. The van der Waals surface area contributed by atoms with Gasteiger partial charge in [-0.2, -0.15) is 18.4 Å². The number of nitrogens with zero attached hydrogens (tertiary/aromatic N) is 2. The molecule has 0 spiro atoms. The normalized spacial score (nSPS) is 23.3. The summed E-state index contributed by atoms with van der Waals surface area (Å²) in [6, 6.07) is 0.242. The minimum atomic E-state index is -5.08. The van der Waals surface area contributed by atoms with Gasteiger partial charge in [0.15, 0.2) is 6.04 Å². The van der Waals surface area contributed by atoms with Crippen LogP contribution in [0.2, 0.25) is 0 Å². The molecule has 0 unspecified atom stereocenters. The van der Waals surface area contributed by atoms with E-state index in [1.54, 1.807) is 0 Å². The lowest BCUT2D eigenvalue weighted by molar-refractivity contribution is -0.192. The summed E-state index contributed by atoms with van der Waals surface area (Å²) in [4.78, 5) is 22.1. The van der Waals surface area contributed by atoms with E-state index >= 15 is 0 Å². The zero-order valence-electron chi connectivity index (χ0n) is 12.7. The summed E-state index contributed by atoms with van der Waals surface area (Å²) in [7, 11) is 0. The summed E-state index contributed by atoms with van der Waals surface area (Å²) in [5.41, 5.74) is 5.79. The predicted molar refractivity (Wildman–Crippen MR) is 71.7 cm³/mol. The average molecular weight is 341 g/mol. The number of carboxylic acid groups (broad SMARTS) is 1. The van der Waals surface area contributed by atoms with Crippen molar-refractivity contribution in [2.75, 3.05) is 6.54 Å². The van der Waals surface area contributed by atoms with Gasteiger partial charge in [0.05, 0.1) is 12.1 Å². The Kier molecular flexibility index (Phi) is 7.95. The molecule has 1 fully saturated rings. The summed E-state index contributed by atoms with van der Waals surface area (Å²) in [6.45, 7) is 4.12. The highest BCUT2D eigenvalue weighted by Crippen LogP contribution is 2.22. The van der Waals surface area contributed by atoms with Crippen molar-refractivity contribution in [3.05, 3.63) is 0 Å². The number of carbonyl (C=O) groups is 2. The molecule has 1 heterocycles. The summed E-state index contributed by atoms with van der Waals surface area (Å²) < 4.78 is 45.0. The van der Waals surface area contributed by atoms with Crippen LogP contribution in [0.1, 0.15) is 26.7 Å². The van der Waals surface area contributed by atoms with Gasteiger partial charge in [0.2, 0.25) is 5.91 Å². The van der Waals surface area contributed by atoms with Gasteiger partial charge in [-0.25, -0.2) is 9.18 Å². The van der Waals surface area contributed by atoms with Crippen LogP contribution in [-0.2, 0) is 9.59 Å². The van der Waals surface area contributed by atoms with Crippen molar-refractivity contribution in [1.82, 2.24) is 4.90 Å². The van der Waals surface area contributed by atoms with Gasteiger partial charge in [0, 0.05) is 6.54 Å². The van der Waals surface area contributed by atoms with Crippen LogP contribution in [0.25, 0.3) is 0 Å². The van der Waals surface area contributed by atoms with E-state index in [1.165, 1.54) is 4.90 Å². The quantitative estimate of drug-likeness (QED) is 0.756. The highest BCUT2D eigenvalue weighted by Gasteiger charge is 2.40. The van der Waals surface area contributed by atoms with Crippen LogP contribution in [0.5, 0.6) is 0 Å². The van der Waals surface area contributed by atoms with Crippen molar-refractivity contribution < 1.29 is 32.3 Å². The van der Waals surface area contributed by atoms with Crippen molar-refractivity contribution in [1.29, 1.82) is 5.26 Å². The highest BCUT2D eigenvalue weighted by molar-refractivity contribution is 5.83. The Morgan fingerprint density at radius 3 is 2.30 bits per heavy atom. The molecule has 1 saturated heterocycles. The second kappa shape index (κ2) is 8.67. The Morgan fingerprint density at radius 1 is 1.48 bits per heavy atom. The SMILES string of the molecule is CC[C@H](C)[C@H](N)C(=O)N1CC[C@@H](F)[C@@H]1C#N.O=C(O)C(F)(F)F. The summed E-state index contributed by atoms with van der Waals surface area (Å²) in [6.07, 6.45) is -5.30. The number of carboxylic acids is 1. The lowest BCUT2D eigenvalue weighted by atomic mass is 9.98. The molecule has 0 aromatic rings. The third kappa shape index (κ3) is 6.02. The summed E-state index contributed by atoms with van der Waals surface area (Å²) >= 11 is 0. The second-order valence-corrected chi connectivity index (χ2v) is 5.12. The lowest BCUT2D eigenvalue weighted by Gasteiger charge is -2.26. The molecule has 0 radical (unpaired) electrons. The number of likely N-dealkylation sites (tertiary alicyclic amines) is 1. The maximum atomic E-state index is 13.3. The van der Waals surface area contributed by atoms with E-state index in [1.807, 2.05) is 19.9 Å². The van der Waals surface area contributed by atoms with E-state index in [2.05, 4.69) is 0 Å². The first-order valence-corrected chi connectivity index (χ1v) is 6.87. The molecule has 1 amide bonds. The highest BCUT2D eigenvalue weighted by atomic mass is 19.4. The fourth-order valence-corrected chi connectivity index (χ4v) is 1.84. The minimum absolute atomic E-state index is 0.0468. The largest absolute Gasteiger partial charge is 0.490 e. The van der Waals surface area contributed by atoms with Crippen LogP contribution in [0.3, 0.4) is 0 Å². The van der Waals surface area contributed by atoms with Crippen LogP contribution in [0.15, 0.2) is 0 Å². The van der Waals surface area contributed by atoms with Gasteiger partial charge in [0.1, 0.15) is 6.17 Å². The first kappa shape index (κ1) is 21.1. The first-order valence-electron chi connectivity index (χ1n) is 6.87. The molecule has 1 aliphatic rings. The fraction of sp³-hybridized carbons (Fsp3) is 0.769. The number of alkyl halides is 4. The number of hydrogen-bond acceptors (Lipinski definition) is 4. The Hall–Kier alpha value is -1.89. The molecule has 0 aromatic carbocycles. The standard InChI is InChI=1S/C11H18FN3O.C2HF3O2/c1-3-7(2)10(14)11(16)15-5-4-8(12)9(15)6-13;3-2(4,5)1(6)7/h7-10H,3-5,14H2,1-2H3;(H,6,7)/t7-,8+,9-,10-;/m0./s1. The Bertz CT molecular complexity index is 464. The number of nitriles is 1. The van der Waals surface area contributed by atoms with E-state index in [0.717, 1.165) is 6.42 Å². The zero-order valence-corrected chi connectivity index (χ0v) is 12.7. The monoisotopic (exact) mass is 341 g/mol. The molecule has 0 aliphatic carbocycles. The Labute approximate surface area is 130 Å². The van der Waals surface area contributed by atoms with E-state index in [0.29, 0.717) is 6.54 Å². The van der Waals surface area contributed by atoms with E-state index in [-0.39, 0.29) is 18.2 Å². The summed E-state index contributed by atoms with van der Waals surface area (Å²) in [5.74, 6) is -3.01. The van der Waals surface area contributed by atoms with E-state index in [9.17, 15) is 22.4 Å². The average Bonchev–Trinajstić information content (AvgIpc) is 2.85. The van der Waals surface area contributed by atoms with Crippen LogP contribution in [0, 0.1) is 17.2 Å². The summed E-state index contributed by atoms with van der Waals surface area (Å²) in [5, 5.41) is 15.9. The third-order valence-corrected chi connectivity index (χ3v) is 3.52. The van der Waals surface area contributed by atoms with Gasteiger partial charge in [0.25, 0.3) is 0 Å². The number of rotatable bonds is 3. The molecule has 23 heavy (non-hydrogen) atoms. The van der Waals surface area contributed by atoms with Crippen LogP contribution in [-0.4, -0.2) is 52.9 Å². The van der Waals surface area contributed by atoms with Crippen molar-refractivity contribution >= 4 is 11.9 Å². The van der Waals surface area contributed by atoms with Crippen molar-refractivity contribution in [2.45, 2.75) is 51.1 Å². The van der Waals surface area contributed by atoms with Gasteiger partial charge in [-0.1, -0.05) is 20.3 Å². The molecular weight excluding hydrogens is 322 g/mol. The molecular formula is C13H19F4N3O3.